The molecule has 1 aromatic rings. The molecule has 1 aliphatic heterocycles. The normalized spacial score (nSPS) is 16.4. The molecular formula is C15H13FN2O4. The number of rotatable bonds is 2. The number of nitrogens with one attached hydrogen (secondary N) is 1. The molecule has 6 nitrogen and oxygen atoms in total. The summed E-state index contributed by atoms with van der Waals surface area (Å²) in [6.07, 6.45) is 1.04. The van der Waals surface area contributed by atoms with Gasteiger partial charge in [0, 0.05) is 20.0 Å². The van der Waals surface area contributed by atoms with Crippen molar-refractivity contribution in [3.05, 3.63) is 40.8 Å². The van der Waals surface area contributed by atoms with Crippen LogP contribution in [0.3, 0.4) is 0 Å². The molecule has 0 unspecified atom stereocenters. The van der Waals surface area contributed by atoms with Crippen LogP contribution in [0, 0.1) is 24.1 Å². The highest BCUT2D eigenvalue weighted by atomic mass is 19.1. The summed E-state index contributed by atoms with van der Waals surface area (Å²) in [5, 5.41) is 11.7. The number of nitriles is 1. The van der Waals surface area contributed by atoms with Crippen molar-refractivity contribution in [1.82, 2.24) is 0 Å². The van der Waals surface area contributed by atoms with E-state index in [0.717, 1.165) is 12.3 Å². The van der Waals surface area contributed by atoms with Crippen LogP contribution in [0.1, 0.15) is 25.0 Å². The molecule has 7 heteroatoms. The fraction of sp³-hybridized carbons (Fsp3) is 0.267. The predicted molar refractivity (Wildman–Crippen MR) is 73.8 cm³/mol. The molecule has 0 aromatic heterocycles. The Labute approximate surface area is 126 Å². The number of carbonyl (C=O) groups excluding carboxylic acids is 2. The summed E-state index contributed by atoms with van der Waals surface area (Å²) < 4.78 is 23.3. The van der Waals surface area contributed by atoms with Crippen LogP contribution in [0.5, 0.6) is 0 Å². The van der Waals surface area contributed by atoms with Gasteiger partial charge in [0.25, 0.3) is 5.79 Å². The Kier molecular flexibility index (Phi) is 3.87. The summed E-state index contributed by atoms with van der Waals surface area (Å²) in [4.78, 5) is 23.5. The Balaban J connectivity index is 2.32. The number of cyclic esters (lactones) is 2. The number of benzene rings is 1. The summed E-state index contributed by atoms with van der Waals surface area (Å²) in [6, 6.07) is 4.22. The van der Waals surface area contributed by atoms with E-state index in [0.29, 0.717) is 5.56 Å². The highest BCUT2D eigenvalue weighted by Gasteiger charge is 2.38. The minimum atomic E-state index is -1.33. The summed E-state index contributed by atoms with van der Waals surface area (Å²) in [5.74, 6) is -3.60. The first-order valence-electron chi connectivity index (χ1n) is 6.37. The van der Waals surface area contributed by atoms with Gasteiger partial charge in [0.1, 0.15) is 11.9 Å². The number of halogens is 1. The molecule has 1 aliphatic rings. The van der Waals surface area contributed by atoms with Gasteiger partial charge >= 0.3 is 11.9 Å². The molecule has 0 radical (unpaired) electrons. The lowest BCUT2D eigenvalue weighted by molar-refractivity contribution is -0.222. The zero-order chi connectivity index (χ0) is 16.5. The van der Waals surface area contributed by atoms with E-state index >= 15 is 0 Å². The second kappa shape index (κ2) is 5.48. The number of hydrogen-bond acceptors (Lipinski definition) is 6. The minimum absolute atomic E-state index is 0.137. The molecule has 114 valence electrons. The Morgan fingerprint density at radius 1 is 1.27 bits per heavy atom. The quantitative estimate of drug-likeness (QED) is 0.511. The molecule has 1 N–H and O–H groups in total. The summed E-state index contributed by atoms with van der Waals surface area (Å²) in [6.45, 7) is 4.43. The van der Waals surface area contributed by atoms with Gasteiger partial charge in [-0.05, 0) is 24.6 Å². The topological polar surface area (TPSA) is 88.4 Å². The van der Waals surface area contributed by atoms with E-state index in [4.69, 9.17) is 14.7 Å². The molecule has 2 rings (SSSR count). The molecule has 1 aromatic carbocycles. The minimum Gasteiger partial charge on any atom is -0.419 e. The van der Waals surface area contributed by atoms with Crippen molar-refractivity contribution in [2.45, 2.75) is 26.6 Å². The van der Waals surface area contributed by atoms with Crippen molar-refractivity contribution in [3.63, 3.8) is 0 Å². The van der Waals surface area contributed by atoms with Crippen LogP contribution in [-0.4, -0.2) is 17.7 Å². The third kappa shape index (κ3) is 3.06. The third-order valence-corrected chi connectivity index (χ3v) is 2.90. The molecule has 0 spiro atoms. The average molecular weight is 304 g/mol. The first-order valence-corrected chi connectivity index (χ1v) is 6.37. The van der Waals surface area contributed by atoms with Crippen molar-refractivity contribution in [1.29, 1.82) is 5.26 Å². The zero-order valence-electron chi connectivity index (χ0n) is 12.2. The molecule has 0 aliphatic carbocycles. The van der Waals surface area contributed by atoms with Crippen LogP contribution in [0.4, 0.5) is 10.1 Å². The first-order chi connectivity index (χ1) is 10.2. The monoisotopic (exact) mass is 304 g/mol. The van der Waals surface area contributed by atoms with E-state index in [1.165, 1.54) is 19.9 Å². The third-order valence-electron chi connectivity index (χ3n) is 2.90. The van der Waals surface area contributed by atoms with Crippen molar-refractivity contribution in [2.24, 2.45) is 0 Å². The number of aryl methyl sites for hydroxylation is 1. The molecule has 0 amide bonds. The lowest BCUT2D eigenvalue weighted by atomic mass is 10.1. The van der Waals surface area contributed by atoms with E-state index in [9.17, 15) is 14.0 Å². The predicted octanol–water partition coefficient (Wildman–Crippen LogP) is 2.14. The van der Waals surface area contributed by atoms with Crippen molar-refractivity contribution >= 4 is 17.6 Å². The van der Waals surface area contributed by atoms with Gasteiger partial charge < -0.3 is 14.8 Å². The van der Waals surface area contributed by atoms with E-state index in [1.807, 2.05) is 6.07 Å². The van der Waals surface area contributed by atoms with Crippen LogP contribution < -0.4 is 5.32 Å². The molecular weight excluding hydrogens is 291 g/mol. The van der Waals surface area contributed by atoms with Crippen LogP contribution in [-0.2, 0) is 19.1 Å². The van der Waals surface area contributed by atoms with Gasteiger partial charge in [-0.1, -0.05) is 0 Å². The van der Waals surface area contributed by atoms with Gasteiger partial charge in [-0.2, -0.15) is 5.26 Å². The highest BCUT2D eigenvalue weighted by molar-refractivity contribution is 6.15. The highest BCUT2D eigenvalue weighted by Crippen LogP contribution is 2.24. The van der Waals surface area contributed by atoms with E-state index in [2.05, 4.69) is 5.32 Å². The molecule has 22 heavy (non-hydrogen) atoms. The van der Waals surface area contributed by atoms with Gasteiger partial charge in [-0.25, -0.2) is 14.0 Å². The number of anilines is 1. The Morgan fingerprint density at radius 2 is 1.86 bits per heavy atom. The van der Waals surface area contributed by atoms with E-state index in [1.54, 1.807) is 6.92 Å². The van der Waals surface area contributed by atoms with Crippen LogP contribution in [0.15, 0.2) is 23.9 Å². The van der Waals surface area contributed by atoms with Crippen molar-refractivity contribution < 1.29 is 23.5 Å². The zero-order valence-corrected chi connectivity index (χ0v) is 12.2. The maximum absolute atomic E-state index is 13.4. The smallest absolute Gasteiger partial charge is 0.350 e. The first kappa shape index (κ1) is 15.5. The van der Waals surface area contributed by atoms with Crippen LogP contribution in [0.25, 0.3) is 0 Å². The van der Waals surface area contributed by atoms with E-state index in [-0.39, 0.29) is 16.8 Å². The number of carbonyl (C=O) groups is 2. The number of ether oxygens (including phenoxy) is 2. The van der Waals surface area contributed by atoms with Gasteiger partial charge in [0.05, 0.1) is 11.3 Å². The van der Waals surface area contributed by atoms with Crippen LogP contribution in [0.2, 0.25) is 0 Å². The average Bonchev–Trinajstić information content (AvgIpc) is 2.35. The Hall–Kier alpha value is -2.88. The van der Waals surface area contributed by atoms with Crippen molar-refractivity contribution in [2.75, 3.05) is 5.32 Å². The van der Waals surface area contributed by atoms with Gasteiger partial charge in [-0.3, -0.25) is 0 Å². The van der Waals surface area contributed by atoms with Gasteiger partial charge in [0.15, 0.2) is 5.57 Å². The Bertz CT molecular complexity index is 710. The SMILES string of the molecule is Cc1cc(F)cc(NC=C2C(=O)OC(C)(C)OC2=O)c1C#N. The second-order valence-electron chi connectivity index (χ2n) is 5.14. The summed E-state index contributed by atoms with van der Waals surface area (Å²) in [5.41, 5.74) is 0.400. The molecule has 1 saturated heterocycles. The lowest BCUT2D eigenvalue weighted by Gasteiger charge is -2.29. The number of nitrogens with zero attached hydrogens (tertiary/aromatic N) is 1. The fourth-order valence-corrected chi connectivity index (χ4v) is 1.93. The molecule has 0 atom stereocenters. The maximum atomic E-state index is 13.4. The largest absolute Gasteiger partial charge is 0.419 e. The van der Waals surface area contributed by atoms with Gasteiger partial charge in [0.2, 0.25) is 0 Å². The maximum Gasteiger partial charge on any atom is 0.350 e. The molecule has 0 saturated carbocycles. The summed E-state index contributed by atoms with van der Waals surface area (Å²) >= 11 is 0. The van der Waals surface area contributed by atoms with Crippen LogP contribution >= 0.6 is 0 Å². The lowest BCUT2D eigenvalue weighted by Crippen LogP contribution is -2.42. The molecule has 1 fully saturated rings. The van der Waals surface area contributed by atoms with Gasteiger partial charge in [-0.15, -0.1) is 0 Å². The molecule has 1 heterocycles. The second-order valence-corrected chi connectivity index (χ2v) is 5.14. The summed E-state index contributed by atoms with van der Waals surface area (Å²) in [7, 11) is 0. The standard InChI is InChI=1S/C15H13FN2O4/c1-8-4-9(16)5-12(10(8)6-17)18-7-11-13(19)21-15(2,3)22-14(11)20/h4-5,7,18H,1-3H3. The van der Waals surface area contributed by atoms with E-state index < -0.39 is 23.5 Å². The number of hydrogen-bond donors (Lipinski definition) is 1. The number of esters is 2. The fourth-order valence-electron chi connectivity index (χ4n) is 1.93. The Morgan fingerprint density at radius 3 is 2.41 bits per heavy atom. The van der Waals surface area contributed by atoms with Crippen molar-refractivity contribution in [3.8, 4) is 6.07 Å². The molecule has 0 bridgehead atoms.